The molecule has 0 unspecified atom stereocenters. The Hall–Kier alpha value is -0.540. The summed E-state index contributed by atoms with van der Waals surface area (Å²) in [6.45, 7) is 15.2. The van der Waals surface area contributed by atoms with Crippen LogP contribution in [-0.2, 0) is 6.54 Å². The zero-order chi connectivity index (χ0) is 15.4. The van der Waals surface area contributed by atoms with E-state index in [4.69, 9.17) is 4.74 Å². The van der Waals surface area contributed by atoms with Crippen LogP contribution in [0, 0.1) is 5.41 Å². The Labute approximate surface area is 132 Å². The van der Waals surface area contributed by atoms with Crippen LogP contribution in [0.15, 0.2) is 22.7 Å². The van der Waals surface area contributed by atoms with Gasteiger partial charge in [-0.25, -0.2) is 0 Å². The molecule has 114 valence electrons. The number of hydrogen-bond acceptors (Lipinski definition) is 1. The Bertz CT molecular complexity index is 435. The summed E-state index contributed by atoms with van der Waals surface area (Å²) in [6, 6.07) is 6.25. The molecule has 0 aliphatic carbocycles. The van der Waals surface area contributed by atoms with Crippen LogP contribution in [0.1, 0.15) is 53.5 Å². The van der Waals surface area contributed by atoms with Gasteiger partial charge in [0.1, 0.15) is 12.3 Å². The minimum absolute atomic E-state index is 0.226. The minimum Gasteiger partial charge on any atom is -0.493 e. The standard InChI is InChI=1S/C17H28BrNO/c1-7-20-15-9-8-14(18)10-13(15)11-19-17(5,6)12-16(2,3)4/h8-10,19H,7,11-12H2,1-6H3/p+1. The number of halogens is 1. The first-order valence-corrected chi connectivity index (χ1v) is 8.18. The van der Waals surface area contributed by atoms with E-state index in [-0.39, 0.29) is 5.54 Å². The molecule has 2 nitrogen and oxygen atoms in total. The second-order valence-corrected chi connectivity index (χ2v) is 8.23. The molecule has 3 heteroatoms. The Morgan fingerprint density at radius 3 is 2.35 bits per heavy atom. The third-order valence-electron chi connectivity index (χ3n) is 3.18. The smallest absolute Gasteiger partial charge is 0.128 e. The van der Waals surface area contributed by atoms with Crippen molar-refractivity contribution in [3.63, 3.8) is 0 Å². The van der Waals surface area contributed by atoms with Crippen LogP contribution in [0.25, 0.3) is 0 Å². The fourth-order valence-corrected chi connectivity index (χ4v) is 3.24. The highest BCUT2D eigenvalue weighted by atomic mass is 79.9. The SMILES string of the molecule is CCOc1ccc(Br)cc1C[NH2+]C(C)(C)CC(C)(C)C. The lowest BCUT2D eigenvalue weighted by Gasteiger charge is -2.30. The summed E-state index contributed by atoms with van der Waals surface area (Å²) < 4.78 is 6.83. The van der Waals surface area contributed by atoms with Gasteiger partial charge < -0.3 is 10.1 Å². The van der Waals surface area contributed by atoms with E-state index < -0.39 is 0 Å². The van der Waals surface area contributed by atoms with Crippen molar-refractivity contribution in [2.24, 2.45) is 5.41 Å². The van der Waals surface area contributed by atoms with Crippen molar-refractivity contribution in [1.29, 1.82) is 0 Å². The molecule has 0 aromatic heterocycles. The number of benzene rings is 1. The molecule has 0 saturated carbocycles. The van der Waals surface area contributed by atoms with Crippen LogP contribution in [-0.4, -0.2) is 12.1 Å². The van der Waals surface area contributed by atoms with Gasteiger partial charge in [0.15, 0.2) is 0 Å². The molecule has 0 radical (unpaired) electrons. The first-order chi connectivity index (χ1) is 9.13. The Balaban J connectivity index is 2.75. The Morgan fingerprint density at radius 1 is 1.15 bits per heavy atom. The van der Waals surface area contributed by atoms with Crippen LogP contribution in [0.4, 0.5) is 0 Å². The lowest BCUT2D eigenvalue weighted by atomic mass is 9.82. The fourth-order valence-electron chi connectivity index (χ4n) is 2.83. The molecule has 1 rings (SSSR count). The Kier molecular flexibility index (Phi) is 6.08. The first-order valence-electron chi connectivity index (χ1n) is 7.38. The molecule has 0 aliphatic rings. The van der Waals surface area contributed by atoms with Crippen molar-refractivity contribution in [1.82, 2.24) is 0 Å². The second kappa shape index (κ2) is 6.95. The van der Waals surface area contributed by atoms with Gasteiger partial charge in [-0.05, 0) is 44.4 Å². The number of quaternary nitrogens is 1. The van der Waals surface area contributed by atoms with Crippen LogP contribution >= 0.6 is 15.9 Å². The number of hydrogen-bond donors (Lipinski definition) is 1. The van der Waals surface area contributed by atoms with Gasteiger partial charge in [0, 0.05) is 16.5 Å². The molecular weight excluding hydrogens is 314 g/mol. The molecule has 0 bridgehead atoms. The highest BCUT2D eigenvalue weighted by Gasteiger charge is 2.28. The highest BCUT2D eigenvalue weighted by Crippen LogP contribution is 2.26. The third kappa shape index (κ3) is 6.27. The van der Waals surface area contributed by atoms with E-state index in [0.29, 0.717) is 12.0 Å². The van der Waals surface area contributed by atoms with Crippen molar-refractivity contribution >= 4 is 15.9 Å². The van der Waals surface area contributed by atoms with Crippen molar-refractivity contribution in [3.8, 4) is 5.75 Å². The summed E-state index contributed by atoms with van der Waals surface area (Å²) in [6.07, 6.45) is 1.18. The molecule has 0 spiro atoms. The van der Waals surface area contributed by atoms with Gasteiger partial charge in [0.2, 0.25) is 0 Å². The molecule has 0 saturated heterocycles. The monoisotopic (exact) mass is 342 g/mol. The predicted molar refractivity (Wildman–Crippen MR) is 89.1 cm³/mol. The molecule has 1 aromatic rings. The largest absolute Gasteiger partial charge is 0.493 e. The van der Waals surface area contributed by atoms with Gasteiger partial charge in [-0.1, -0.05) is 36.7 Å². The van der Waals surface area contributed by atoms with Gasteiger partial charge in [0.05, 0.1) is 12.1 Å². The van der Waals surface area contributed by atoms with Crippen molar-refractivity contribution in [3.05, 3.63) is 28.2 Å². The molecule has 0 amide bonds. The molecule has 0 heterocycles. The molecule has 0 fully saturated rings. The van der Waals surface area contributed by atoms with Gasteiger partial charge in [-0.2, -0.15) is 0 Å². The summed E-state index contributed by atoms with van der Waals surface area (Å²) in [4.78, 5) is 0. The van der Waals surface area contributed by atoms with Gasteiger partial charge >= 0.3 is 0 Å². The molecular formula is C17H29BrNO+. The average Bonchev–Trinajstić information content (AvgIpc) is 2.26. The van der Waals surface area contributed by atoms with Crippen molar-refractivity contribution in [2.45, 2.75) is 60.0 Å². The van der Waals surface area contributed by atoms with E-state index in [2.05, 4.69) is 61.9 Å². The quantitative estimate of drug-likeness (QED) is 0.826. The lowest BCUT2D eigenvalue weighted by molar-refractivity contribution is -0.737. The topological polar surface area (TPSA) is 25.8 Å². The van der Waals surface area contributed by atoms with Crippen LogP contribution in [0.2, 0.25) is 0 Å². The summed E-state index contributed by atoms with van der Waals surface area (Å²) in [7, 11) is 0. The zero-order valence-corrected chi connectivity index (χ0v) is 15.3. The van der Waals surface area contributed by atoms with E-state index >= 15 is 0 Å². The highest BCUT2D eigenvalue weighted by molar-refractivity contribution is 9.10. The second-order valence-electron chi connectivity index (χ2n) is 7.32. The first kappa shape index (κ1) is 17.5. The fraction of sp³-hybridized carbons (Fsp3) is 0.647. The normalized spacial score (nSPS) is 12.6. The summed E-state index contributed by atoms with van der Waals surface area (Å²) in [5.41, 5.74) is 1.83. The maximum absolute atomic E-state index is 5.72. The maximum atomic E-state index is 5.72. The summed E-state index contributed by atoms with van der Waals surface area (Å²) in [5, 5.41) is 2.42. The molecule has 0 atom stereocenters. The zero-order valence-electron chi connectivity index (χ0n) is 13.7. The van der Waals surface area contributed by atoms with Gasteiger partial charge in [0.25, 0.3) is 0 Å². The number of ether oxygens (including phenoxy) is 1. The molecule has 1 aromatic carbocycles. The van der Waals surface area contributed by atoms with E-state index in [9.17, 15) is 0 Å². The van der Waals surface area contributed by atoms with Crippen molar-refractivity contribution in [2.75, 3.05) is 6.61 Å². The maximum Gasteiger partial charge on any atom is 0.128 e. The molecule has 2 N–H and O–H groups in total. The average molecular weight is 343 g/mol. The van der Waals surface area contributed by atoms with Gasteiger partial charge in [-0.3, -0.25) is 0 Å². The number of rotatable bonds is 6. The van der Waals surface area contributed by atoms with E-state index in [1.807, 2.05) is 19.1 Å². The van der Waals surface area contributed by atoms with Crippen LogP contribution < -0.4 is 10.1 Å². The van der Waals surface area contributed by atoms with E-state index in [0.717, 1.165) is 16.8 Å². The lowest BCUT2D eigenvalue weighted by Crippen LogP contribution is -2.94. The number of nitrogens with two attached hydrogens (primary N) is 1. The minimum atomic E-state index is 0.226. The summed E-state index contributed by atoms with van der Waals surface area (Å²) >= 11 is 3.55. The van der Waals surface area contributed by atoms with E-state index in [1.54, 1.807) is 0 Å². The van der Waals surface area contributed by atoms with Crippen LogP contribution in [0.5, 0.6) is 5.75 Å². The Morgan fingerprint density at radius 2 is 1.80 bits per heavy atom. The van der Waals surface area contributed by atoms with Crippen LogP contribution in [0.3, 0.4) is 0 Å². The molecule has 20 heavy (non-hydrogen) atoms. The predicted octanol–water partition coefficient (Wildman–Crippen LogP) is 4.13. The third-order valence-corrected chi connectivity index (χ3v) is 3.68. The van der Waals surface area contributed by atoms with Gasteiger partial charge in [-0.15, -0.1) is 0 Å². The summed E-state index contributed by atoms with van der Waals surface area (Å²) in [5.74, 6) is 0.999. The van der Waals surface area contributed by atoms with Crippen molar-refractivity contribution < 1.29 is 10.1 Å². The van der Waals surface area contributed by atoms with E-state index in [1.165, 1.54) is 12.0 Å². The molecule has 0 aliphatic heterocycles.